The molecule has 1 saturated heterocycles. The van der Waals surface area contributed by atoms with E-state index < -0.39 is 0 Å². The van der Waals surface area contributed by atoms with Gasteiger partial charge in [0.1, 0.15) is 0 Å². The van der Waals surface area contributed by atoms with Crippen molar-refractivity contribution in [2.45, 2.75) is 50.3 Å². The summed E-state index contributed by atoms with van der Waals surface area (Å²) >= 11 is 0. The number of rotatable bonds is 2. The minimum absolute atomic E-state index is 0. The van der Waals surface area contributed by atoms with Crippen molar-refractivity contribution < 1.29 is 5.11 Å². The van der Waals surface area contributed by atoms with Crippen molar-refractivity contribution in [2.75, 3.05) is 20.1 Å². The van der Waals surface area contributed by atoms with E-state index >= 15 is 0 Å². The summed E-state index contributed by atoms with van der Waals surface area (Å²) in [5.74, 6) is 0. The van der Waals surface area contributed by atoms with E-state index in [1.165, 1.54) is 32.1 Å². The normalized spacial score (nSPS) is 33.0. The van der Waals surface area contributed by atoms with Crippen molar-refractivity contribution in [1.82, 2.24) is 10.2 Å². The average molecular weight is 235 g/mol. The quantitative estimate of drug-likeness (QED) is 0.749. The molecule has 2 rings (SSSR count). The van der Waals surface area contributed by atoms with Gasteiger partial charge in [0.25, 0.3) is 0 Å². The van der Waals surface area contributed by atoms with Gasteiger partial charge in [0.15, 0.2) is 0 Å². The van der Waals surface area contributed by atoms with Crippen LogP contribution in [0.5, 0.6) is 0 Å². The summed E-state index contributed by atoms with van der Waals surface area (Å²) in [5.41, 5.74) is 0. The first kappa shape index (κ1) is 13.2. The molecule has 2 atom stereocenters. The van der Waals surface area contributed by atoms with E-state index in [0.29, 0.717) is 12.1 Å². The topological polar surface area (TPSA) is 35.5 Å². The fraction of sp³-hybridized carbons (Fsp3) is 1.00. The Balaban J connectivity index is 0.00000112. The molecule has 2 N–H and O–H groups in total. The molecule has 2 fully saturated rings. The maximum Gasteiger partial charge on any atom is 0.0831 e. The Hall–Kier alpha value is 0.170. The number of aliphatic hydroxyl groups is 1. The summed E-state index contributed by atoms with van der Waals surface area (Å²) in [6, 6.07) is 1.06. The SMILES string of the molecule is CN(C1CCCCC1)[C@@H]1CNC[C@H]1O.Cl. The number of nitrogens with zero attached hydrogens (tertiary/aromatic N) is 1. The van der Waals surface area contributed by atoms with Crippen LogP contribution in [-0.2, 0) is 0 Å². The van der Waals surface area contributed by atoms with Crippen LogP contribution in [0.2, 0.25) is 0 Å². The fourth-order valence-electron chi connectivity index (χ4n) is 2.83. The summed E-state index contributed by atoms with van der Waals surface area (Å²) in [4.78, 5) is 2.41. The molecule has 4 heteroatoms. The molecule has 15 heavy (non-hydrogen) atoms. The second-order valence-electron chi connectivity index (χ2n) is 4.75. The Labute approximate surface area is 98.6 Å². The van der Waals surface area contributed by atoms with Crippen LogP contribution in [0.25, 0.3) is 0 Å². The number of nitrogens with one attached hydrogen (secondary N) is 1. The highest BCUT2D eigenvalue weighted by molar-refractivity contribution is 5.85. The third-order valence-electron chi connectivity index (χ3n) is 3.82. The molecule has 1 aliphatic heterocycles. The number of likely N-dealkylation sites (N-methyl/N-ethyl adjacent to an activating group) is 1. The zero-order chi connectivity index (χ0) is 9.97. The van der Waals surface area contributed by atoms with Crippen molar-refractivity contribution in [3.63, 3.8) is 0 Å². The predicted octanol–water partition coefficient (Wildman–Crippen LogP) is 1.01. The summed E-state index contributed by atoms with van der Waals surface area (Å²) in [6.07, 6.45) is 6.60. The van der Waals surface area contributed by atoms with Crippen LogP contribution >= 0.6 is 12.4 Å². The van der Waals surface area contributed by atoms with Crippen molar-refractivity contribution >= 4 is 12.4 Å². The first-order valence-electron chi connectivity index (χ1n) is 5.90. The van der Waals surface area contributed by atoms with Crippen molar-refractivity contribution in [1.29, 1.82) is 0 Å². The molecule has 1 aliphatic carbocycles. The molecule has 0 spiro atoms. The Kier molecular flexibility index (Phi) is 5.33. The zero-order valence-electron chi connectivity index (χ0n) is 9.48. The lowest BCUT2D eigenvalue weighted by atomic mass is 9.93. The third kappa shape index (κ3) is 3.06. The van der Waals surface area contributed by atoms with E-state index in [-0.39, 0.29) is 18.5 Å². The maximum absolute atomic E-state index is 9.79. The van der Waals surface area contributed by atoms with E-state index in [4.69, 9.17) is 0 Å². The molecular weight excluding hydrogens is 212 g/mol. The van der Waals surface area contributed by atoms with Gasteiger partial charge in [0.05, 0.1) is 6.10 Å². The highest BCUT2D eigenvalue weighted by atomic mass is 35.5. The Bertz CT molecular complexity index is 185. The number of hydrogen-bond acceptors (Lipinski definition) is 3. The molecule has 0 amide bonds. The molecule has 1 heterocycles. The fourth-order valence-corrected chi connectivity index (χ4v) is 2.83. The number of halogens is 1. The standard InChI is InChI=1S/C11H22N2O.ClH/c1-13(9-5-3-2-4-6-9)10-7-12-8-11(10)14;/h9-12,14H,2-8H2,1H3;1H/t10-,11-;/m1./s1. The lowest BCUT2D eigenvalue weighted by Crippen LogP contribution is -2.47. The van der Waals surface area contributed by atoms with Crippen LogP contribution in [0.1, 0.15) is 32.1 Å². The third-order valence-corrected chi connectivity index (χ3v) is 3.82. The van der Waals surface area contributed by atoms with E-state index in [0.717, 1.165) is 13.1 Å². The van der Waals surface area contributed by atoms with Gasteiger partial charge in [0.2, 0.25) is 0 Å². The monoisotopic (exact) mass is 234 g/mol. The van der Waals surface area contributed by atoms with Gasteiger partial charge >= 0.3 is 0 Å². The number of aliphatic hydroxyl groups excluding tert-OH is 1. The van der Waals surface area contributed by atoms with Gasteiger partial charge in [-0.15, -0.1) is 12.4 Å². The summed E-state index contributed by atoms with van der Waals surface area (Å²) in [6.45, 7) is 1.72. The van der Waals surface area contributed by atoms with Gasteiger partial charge in [-0.05, 0) is 19.9 Å². The van der Waals surface area contributed by atoms with Crippen molar-refractivity contribution in [2.24, 2.45) is 0 Å². The molecule has 0 unspecified atom stereocenters. The summed E-state index contributed by atoms with van der Waals surface area (Å²) in [5, 5.41) is 13.0. The lowest BCUT2D eigenvalue weighted by molar-refractivity contribution is 0.0606. The lowest BCUT2D eigenvalue weighted by Gasteiger charge is -2.36. The zero-order valence-corrected chi connectivity index (χ0v) is 10.3. The minimum Gasteiger partial charge on any atom is -0.390 e. The molecular formula is C11H23ClN2O. The number of β-amino-alcohol motifs (C(OH)–C–C–N with tert-alkyl or cyclic N) is 1. The van der Waals surface area contributed by atoms with Crippen LogP contribution in [0, 0.1) is 0 Å². The Morgan fingerprint density at radius 1 is 1.13 bits per heavy atom. The average Bonchev–Trinajstić information content (AvgIpc) is 2.65. The molecule has 0 aromatic rings. The smallest absolute Gasteiger partial charge is 0.0831 e. The van der Waals surface area contributed by atoms with Crippen LogP contribution in [-0.4, -0.2) is 48.3 Å². The molecule has 1 saturated carbocycles. The van der Waals surface area contributed by atoms with Crippen LogP contribution < -0.4 is 5.32 Å². The predicted molar refractivity (Wildman–Crippen MR) is 64.5 cm³/mol. The molecule has 0 aromatic carbocycles. The van der Waals surface area contributed by atoms with Gasteiger partial charge in [0, 0.05) is 25.2 Å². The molecule has 3 nitrogen and oxygen atoms in total. The number of hydrogen-bond donors (Lipinski definition) is 2. The summed E-state index contributed by atoms with van der Waals surface area (Å²) in [7, 11) is 2.18. The Morgan fingerprint density at radius 3 is 2.33 bits per heavy atom. The largest absolute Gasteiger partial charge is 0.390 e. The first-order valence-corrected chi connectivity index (χ1v) is 5.90. The minimum atomic E-state index is -0.165. The first-order chi connectivity index (χ1) is 6.79. The molecule has 0 bridgehead atoms. The second-order valence-corrected chi connectivity index (χ2v) is 4.75. The summed E-state index contributed by atoms with van der Waals surface area (Å²) < 4.78 is 0. The molecule has 0 radical (unpaired) electrons. The van der Waals surface area contributed by atoms with Crippen LogP contribution in [0.4, 0.5) is 0 Å². The molecule has 2 aliphatic rings. The maximum atomic E-state index is 9.79. The van der Waals surface area contributed by atoms with Gasteiger partial charge in [-0.2, -0.15) is 0 Å². The van der Waals surface area contributed by atoms with Gasteiger partial charge in [-0.25, -0.2) is 0 Å². The van der Waals surface area contributed by atoms with E-state index in [1.54, 1.807) is 0 Å². The second kappa shape index (κ2) is 6.04. The van der Waals surface area contributed by atoms with Crippen molar-refractivity contribution in [3.05, 3.63) is 0 Å². The van der Waals surface area contributed by atoms with E-state index in [9.17, 15) is 5.11 Å². The molecule has 0 aromatic heterocycles. The van der Waals surface area contributed by atoms with Gasteiger partial charge in [-0.3, -0.25) is 4.90 Å². The Morgan fingerprint density at radius 2 is 1.80 bits per heavy atom. The van der Waals surface area contributed by atoms with Crippen LogP contribution in [0.15, 0.2) is 0 Å². The van der Waals surface area contributed by atoms with Crippen molar-refractivity contribution in [3.8, 4) is 0 Å². The van der Waals surface area contributed by atoms with Gasteiger partial charge in [-0.1, -0.05) is 19.3 Å². The van der Waals surface area contributed by atoms with Gasteiger partial charge < -0.3 is 10.4 Å². The molecule has 90 valence electrons. The highest BCUT2D eigenvalue weighted by Crippen LogP contribution is 2.24. The van der Waals surface area contributed by atoms with E-state index in [1.807, 2.05) is 0 Å². The highest BCUT2D eigenvalue weighted by Gasteiger charge is 2.32. The van der Waals surface area contributed by atoms with E-state index in [2.05, 4.69) is 17.3 Å². The van der Waals surface area contributed by atoms with Crippen LogP contribution in [0.3, 0.4) is 0 Å².